The zero-order valence-electron chi connectivity index (χ0n) is 10.6. The van der Waals surface area contributed by atoms with Gasteiger partial charge in [0.25, 0.3) is 0 Å². The van der Waals surface area contributed by atoms with Gasteiger partial charge in [-0.25, -0.2) is 0 Å². The minimum Gasteiger partial charge on any atom is -0.494 e. The summed E-state index contributed by atoms with van der Waals surface area (Å²) in [7, 11) is -0.679. The summed E-state index contributed by atoms with van der Waals surface area (Å²) in [6, 6.07) is 8.05. The van der Waals surface area contributed by atoms with E-state index in [2.05, 4.69) is 11.4 Å². The molecule has 1 atom stereocenters. The molecule has 1 N–H and O–H groups in total. The molecule has 0 radical (unpaired) electrons. The number of hydrogen-bond donors (Lipinski definition) is 1. The molecule has 1 aromatic carbocycles. The van der Waals surface area contributed by atoms with Crippen LogP contribution in [0.3, 0.4) is 0 Å². The third-order valence-electron chi connectivity index (χ3n) is 2.37. The van der Waals surface area contributed by atoms with Crippen molar-refractivity contribution in [3.05, 3.63) is 29.8 Å². The maximum Gasteiger partial charge on any atom is 0.119 e. The Morgan fingerprint density at radius 1 is 1.35 bits per heavy atom. The van der Waals surface area contributed by atoms with Crippen LogP contribution in [0.25, 0.3) is 0 Å². The first kappa shape index (κ1) is 14.2. The fourth-order valence-electron chi connectivity index (χ4n) is 1.47. The smallest absolute Gasteiger partial charge is 0.119 e. The standard InChI is InChI=1S/C13H21NO2S/c1-3-16-13-7-5-6-12(10-13)11-14-8-9-17(15)4-2/h5-7,10,14H,3-4,8-9,11H2,1-2H3. The third kappa shape index (κ3) is 5.84. The molecule has 1 aromatic rings. The molecule has 1 unspecified atom stereocenters. The quantitative estimate of drug-likeness (QED) is 0.722. The van der Waals surface area contributed by atoms with Crippen LogP contribution >= 0.6 is 0 Å². The van der Waals surface area contributed by atoms with Crippen molar-refractivity contribution in [1.29, 1.82) is 0 Å². The van der Waals surface area contributed by atoms with Crippen LogP contribution in [0.2, 0.25) is 0 Å². The highest BCUT2D eigenvalue weighted by Gasteiger charge is 1.98. The summed E-state index contributed by atoms with van der Waals surface area (Å²) in [5.74, 6) is 2.37. The molecule has 0 amide bonds. The third-order valence-corrected chi connectivity index (χ3v) is 3.67. The molecule has 0 aromatic heterocycles. The average Bonchev–Trinajstić information content (AvgIpc) is 2.35. The minimum absolute atomic E-state index is 0.679. The molecule has 0 bridgehead atoms. The Labute approximate surface area is 106 Å². The van der Waals surface area contributed by atoms with Crippen molar-refractivity contribution in [2.45, 2.75) is 20.4 Å². The molecule has 0 fully saturated rings. The van der Waals surface area contributed by atoms with Crippen LogP contribution in [-0.4, -0.2) is 28.9 Å². The Morgan fingerprint density at radius 2 is 2.18 bits per heavy atom. The van der Waals surface area contributed by atoms with E-state index < -0.39 is 10.8 Å². The van der Waals surface area contributed by atoms with E-state index in [4.69, 9.17) is 4.74 Å². The summed E-state index contributed by atoms with van der Waals surface area (Å²) < 4.78 is 16.6. The summed E-state index contributed by atoms with van der Waals surface area (Å²) in [6.07, 6.45) is 0. The van der Waals surface area contributed by atoms with Gasteiger partial charge in [0.15, 0.2) is 0 Å². The zero-order valence-corrected chi connectivity index (χ0v) is 11.4. The van der Waals surface area contributed by atoms with Crippen molar-refractivity contribution >= 4 is 10.8 Å². The fraction of sp³-hybridized carbons (Fsp3) is 0.538. The molecular formula is C13H21NO2S. The monoisotopic (exact) mass is 255 g/mol. The first-order valence-corrected chi connectivity index (χ1v) is 7.52. The summed E-state index contributed by atoms with van der Waals surface area (Å²) >= 11 is 0. The highest BCUT2D eigenvalue weighted by molar-refractivity contribution is 7.84. The molecule has 0 spiro atoms. The van der Waals surface area contributed by atoms with E-state index >= 15 is 0 Å². The van der Waals surface area contributed by atoms with Gasteiger partial charge in [0.05, 0.1) is 6.61 Å². The molecule has 0 aliphatic heterocycles. The van der Waals surface area contributed by atoms with Crippen LogP contribution in [0.1, 0.15) is 19.4 Å². The van der Waals surface area contributed by atoms with Gasteiger partial charge in [-0.05, 0) is 24.6 Å². The van der Waals surface area contributed by atoms with Crippen molar-refractivity contribution in [2.24, 2.45) is 0 Å². The molecule has 17 heavy (non-hydrogen) atoms. The molecule has 0 aliphatic rings. The van der Waals surface area contributed by atoms with E-state index in [0.29, 0.717) is 6.61 Å². The lowest BCUT2D eigenvalue weighted by Gasteiger charge is -2.07. The maximum absolute atomic E-state index is 11.2. The lowest BCUT2D eigenvalue weighted by atomic mass is 10.2. The molecule has 96 valence electrons. The molecule has 0 heterocycles. The van der Waals surface area contributed by atoms with E-state index in [0.717, 1.165) is 30.3 Å². The Balaban J connectivity index is 2.31. The Bertz CT molecular complexity index is 355. The first-order valence-electron chi connectivity index (χ1n) is 6.03. The van der Waals surface area contributed by atoms with Crippen molar-refractivity contribution in [3.63, 3.8) is 0 Å². The van der Waals surface area contributed by atoms with Crippen molar-refractivity contribution in [1.82, 2.24) is 5.32 Å². The van der Waals surface area contributed by atoms with Crippen LogP contribution in [0, 0.1) is 0 Å². The zero-order chi connectivity index (χ0) is 12.5. The number of ether oxygens (including phenoxy) is 1. The second-order valence-electron chi connectivity index (χ2n) is 3.69. The highest BCUT2D eigenvalue weighted by atomic mass is 32.2. The molecule has 0 saturated heterocycles. The van der Waals surface area contributed by atoms with E-state index in [-0.39, 0.29) is 0 Å². The summed E-state index contributed by atoms with van der Waals surface area (Å²) in [6.45, 7) is 6.19. The van der Waals surface area contributed by atoms with Crippen molar-refractivity contribution in [2.75, 3.05) is 24.7 Å². The predicted molar refractivity (Wildman–Crippen MR) is 72.9 cm³/mol. The first-order chi connectivity index (χ1) is 8.26. The Hall–Kier alpha value is -0.870. The van der Waals surface area contributed by atoms with Gasteiger partial charge >= 0.3 is 0 Å². The predicted octanol–water partition coefficient (Wildman–Crippen LogP) is 1.94. The maximum atomic E-state index is 11.2. The van der Waals surface area contributed by atoms with Crippen LogP contribution in [-0.2, 0) is 17.3 Å². The molecule has 3 nitrogen and oxygen atoms in total. The van der Waals surface area contributed by atoms with Crippen LogP contribution < -0.4 is 10.1 Å². The highest BCUT2D eigenvalue weighted by Crippen LogP contribution is 2.12. The lowest BCUT2D eigenvalue weighted by Crippen LogP contribution is -2.20. The van der Waals surface area contributed by atoms with E-state index in [1.54, 1.807) is 0 Å². The van der Waals surface area contributed by atoms with Crippen molar-refractivity contribution < 1.29 is 8.95 Å². The summed E-state index contributed by atoms with van der Waals surface area (Å²) in [5, 5.41) is 3.29. The van der Waals surface area contributed by atoms with E-state index in [9.17, 15) is 4.21 Å². The largest absolute Gasteiger partial charge is 0.494 e. The molecule has 0 saturated carbocycles. The Morgan fingerprint density at radius 3 is 2.88 bits per heavy atom. The Kier molecular flexibility index (Phi) is 6.89. The van der Waals surface area contributed by atoms with Gasteiger partial charge in [0.2, 0.25) is 0 Å². The van der Waals surface area contributed by atoms with Crippen LogP contribution in [0.15, 0.2) is 24.3 Å². The molecule has 1 rings (SSSR count). The van der Waals surface area contributed by atoms with Gasteiger partial charge in [-0.2, -0.15) is 0 Å². The molecular weight excluding hydrogens is 234 g/mol. The topological polar surface area (TPSA) is 38.3 Å². The van der Waals surface area contributed by atoms with Crippen LogP contribution in [0.4, 0.5) is 0 Å². The van der Waals surface area contributed by atoms with Gasteiger partial charge < -0.3 is 10.1 Å². The van der Waals surface area contributed by atoms with Gasteiger partial charge in [0, 0.05) is 35.4 Å². The van der Waals surface area contributed by atoms with E-state index in [1.165, 1.54) is 5.56 Å². The second-order valence-corrected chi connectivity index (χ2v) is 5.56. The number of benzene rings is 1. The van der Waals surface area contributed by atoms with Gasteiger partial charge in [-0.15, -0.1) is 0 Å². The van der Waals surface area contributed by atoms with Gasteiger partial charge in [-0.1, -0.05) is 19.1 Å². The lowest BCUT2D eigenvalue weighted by molar-refractivity contribution is 0.340. The minimum atomic E-state index is -0.679. The number of nitrogens with one attached hydrogen (secondary N) is 1. The molecule has 0 aliphatic carbocycles. The SMILES string of the molecule is CCOc1cccc(CNCCS(=O)CC)c1. The second kappa shape index (κ2) is 8.25. The van der Waals surface area contributed by atoms with E-state index in [1.807, 2.05) is 32.0 Å². The average molecular weight is 255 g/mol. The van der Waals surface area contributed by atoms with Gasteiger partial charge in [0.1, 0.15) is 5.75 Å². The fourth-order valence-corrected chi connectivity index (χ4v) is 2.14. The normalized spacial score (nSPS) is 12.4. The summed E-state index contributed by atoms with van der Waals surface area (Å²) in [4.78, 5) is 0. The van der Waals surface area contributed by atoms with Crippen LogP contribution in [0.5, 0.6) is 5.75 Å². The van der Waals surface area contributed by atoms with Gasteiger partial charge in [-0.3, -0.25) is 4.21 Å². The number of rotatable bonds is 8. The number of hydrogen-bond acceptors (Lipinski definition) is 3. The summed E-state index contributed by atoms with van der Waals surface area (Å²) in [5.41, 5.74) is 1.19. The van der Waals surface area contributed by atoms with Crippen molar-refractivity contribution in [3.8, 4) is 5.75 Å². The molecule has 4 heteroatoms.